The fourth-order valence-corrected chi connectivity index (χ4v) is 2.06. The van der Waals surface area contributed by atoms with Crippen molar-refractivity contribution >= 4 is 0 Å². The van der Waals surface area contributed by atoms with Gasteiger partial charge >= 0.3 is 0 Å². The molecule has 2 rings (SSSR count). The third-order valence-electron chi connectivity index (χ3n) is 2.98. The molecule has 0 saturated heterocycles. The maximum absolute atomic E-state index is 13.3. The summed E-state index contributed by atoms with van der Waals surface area (Å²) in [5, 5.41) is 3.36. The summed E-state index contributed by atoms with van der Waals surface area (Å²) in [6.45, 7) is 2.89. The molecule has 0 radical (unpaired) electrons. The first kappa shape index (κ1) is 13.7. The maximum Gasteiger partial charge on any atom is 0.123 e. The number of benzene rings is 2. The van der Waals surface area contributed by atoms with Crippen LogP contribution in [0.15, 0.2) is 48.5 Å². The third kappa shape index (κ3) is 3.61. The minimum atomic E-state index is -0.266. The molecular weight excluding hydrogens is 244 g/mol. The van der Waals surface area contributed by atoms with Crippen molar-refractivity contribution < 1.29 is 8.78 Å². The average molecular weight is 261 g/mol. The molecule has 0 spiro atoms. The highest BCUT2D eigenvalue weighted by atomic mass is 19.1. The van der Waals surface area contributed by atoms with Crippen LogP contribution in [0, 0.1) is 11.6 Å². The molecule has 0 amide bonds. The van der Waals surface area contributed by atoms with Crippen molar-refractivity contribution in [2.75, 3.05) is 6.54 Å². The topological polar surface area (TPSA) is 12.0 Å². The number of rotatable bonds is 5. The Labute approximate surface area is 112 Å². The Morgan fingerprint density at radius 3 is 2.32 bits per heavy atom. The van der Waals surface area contributed by atoms with Gasteiger partial charge in [-0.15, -0.1) is 0 Å². The molecule has 2 aromatic rings. The Morgan fingerprint density at radius 2 is 1.68 bits per heavy atom. The molecule has 0 saturated carbocycles. The summed E-state index contributed by atoms with van der Waals surface area (Å²) in [6, 6.07) is 12.7. The van der Waals surface area contributed by atoms with Crippen LogP contribution in [0.25, 0.3) is 0 Å². The van der Waals surface area contributed by atoms with Gasteiger partial charge in [-0.3, -0.25) is 0 Å². The Balaban J connectivity index is 2.32. The summed E-state index contributed by atoms with van der Waals surface area (Å²) in [5.41, 5.74) is 1.78. The molecule has 0 bridgehead atoms. The van der Waals surface area contributed by atoms with E-state index in [9.17, 15) is 8.78 Å². The van der Waals surface area contributed by atoms with Crippen LogP contribution < -0.4 is 5.32 Å². The van der Waals surface area contributed by atoms with Crippen LogP contribution in [0.3, 0.4) is 0 Å². The van der Waals surface area contributed by atoms with E-state index in [1.165, 1.54) is 24.3 Å². The quantitative estimate of drug-likeness (QED) is 0.856. The zero-order valence-corrected chi connectivity index (χ0v) is 10.9. The Kier molecular flexibility index (Phi) is 4.63. The lowest BCUT2D eigenvalue weighted by atomic mass is 9.98. The van der Waals surface area contributed by atoms with E-state index < -0.39 is 0 Å². The molecular formula is C16H17F2N. The Hall–Kier alpha value is -1.74. The standard InChI is InChI=1S/C16H17F2N/c1-2-10-19-16(12-6-8-14(17)9-7-12)13-4-3-5-15(18)11-13/h3-9,11,16,19H,2,10H2,1H3. The first-order valence-electron chi connectivity index (χ1n) is 6.45. The second kappa shape index (κ2) is 6.43. The molecule has 0 aromatic heterocycles. The normalized spacial score (nSPS) is 12.4. The summed E-state index contributed by atoms with van der Waals surface area (Å²) in [7, 11) is 0. The molecule has 0 heterocycles. The molecule has 1 N–H and O–H groups in total. The van der Waals surface area contributed by atoms with Crippen molar-refractivity contribution in [2.24, 2.45) is 0 Å². The van der Waals surface area contributed by atoms with Gasteiger partial charge in [-0.1, -0.05) is 31.2 Å². The summed E-state index contributed by atoms with van der Waals surface area (Å²) < 4.78 is 26.3. The minimum Gasteiger partial charge on any atom is -0.306 e. The molecule has 0 aliphatic rings. The highest BCUT2D eigenvalue weighted by Crippen LogP contribution is 2.23. The van der Waals surface area contributed by atoms with Gasteiger partial charge in [0.2, 0.25) is 0 Å². The molecule has 0 aliphatic heterocycles. The van der Waals surface area contributed by atoms with Gasteiger partial charge in [0.25, 0.3) is 0 Å². The SMILES string of the molecule is CCCNC(c1ccc(F)cc1)c1cccc(F)c1. The van der Waals surface area contributed by atoms with Gasteiger partial charge in [0.15, 0.2) is 0 Å². The average Bonchev–Trinajstić information content (AvgIpc) is 2.41. The third-order valence-corrected chi connectivity index (χ3v) is 2.98. The second-order valence-corrected chi connectivity index (χ2v) is 4.49. The lowest BCUT2D eigenvalue weighted by molar-refractivity contribution is 0.582. The lowest BCUT2D eigenvalue weighted by Gasteiger charge is -2.19. The molecule has 3 heteroatoms. The van der Waals surface area contributed by atoms with Crippen molar-refractivity contribution in [2.45, 2.75) is 19.4 Å². The van der Waals surface area contributed by atoms with E-state index in [4.69, 9.17) is 0 Å². The van der Waals surface area contributed by atoms with Crippen LogP contribution in [0.2, 0.25) is 0 Å². The largest absolute Gasteiger partial charge is 0.306 e. The summed E-state index contributed by atoms with van der Waals surface area (Å²) in [4.78, 5) is 0. The Bertz CT molecular complexity index is 523. The highest BCUT2D eigenvalue weighted by molar-refractivity contribution is 5.32. The smallest absolute Gasteiger partial charge is 0.123 e. The summed E-state index contributed by atoms with van der Waals surface area (Å²) in [5.74, 6) is -0.528. The molecule has 0 fully saturated rings. The van der Waals surface area contributed by atoms with Gasteiger partial charge in [0.05, 0.1) is 6.04 Å². The molecule has 1 nitrogen and oxygen atoms in total. The zero-order valence-electron chi connectivity index (χ0n) is 10.9. The van der Waals surface area contributed by atoms with Gasteiger partial charge in [0.1, 0.15) is 11.6 Å². The monoisotopic (exact) mass is 261 g/mol. The van der Waals surface area contributed by atoms with Gasteiger partial charge < -0.3 is 5.32 Å². The van der Waals surface area contributed by atoms with Crippen LogP contribution in [0.4, 0.5) is 8.78 Å². The van der Waals surface area contributed by atoms with Crippen molar-refractivity contribution in [1.82, 2.24) is 5.32 Å². The van der Waals surface area contributed by atoms with Gasteiger partial charge in [-0.2, -0.15) is 0 Å². The van der Waals surface area contributed by atoms with E-state index in [0.29, 0.717) is 0 Å². The predicted molar refractivity (Wildman–Crippen MR) is 72.9 cm³/mol. The molecule has 1 unspecified atom stereocenters. The van der Waals surface area contributed by atoms with Crippen molar-refractivity contribution in [3.8, 4) is 0 Å². The minimum absolute atomic E-state index is 0.115. The van der Waals surface area contributed by atoms with Crippen LogP contribution in [0.5, 0.6) is 0 Å². The molecule has 0 aliphatic carbocycles. The number of nitrogens with one attached hydrogen (secondary N) is 1. The van der Waals surface area contributed by atoms with E-state index >= 15 is 0 Å². The number of halogens is 2. The number of hydrogen-bond acceptors (Lipinski definition) is 1. The summed E-state index contributed by atoms with van der Waals surface area (Å²) >= 11 is 0. The first-order chi connectivity index (χ1) is 9.20. The van der Waals surface area contributed by atoms with Gasteiger partial charge in [-0.05, 0) is 48.4 Å². The number of hydrogen-bond donors (Lipinski definition) is 1. The predicted octanol–water partition coefficient (Wildman–Crippen LogP) is 4.05. The van der Waals surface area contributed by atoms with Crippen LogP contribution in [-0.2, 0) is 0 Å². The van der Waals surface area contributed by atoms with E-state index in [1.54, 1.807) is 18.2 Å². The van der Waals surface area contributed by atoms with Crippen molar-refractivity contribution in [3.05, 3.63) is 71.3 Å². The zero-order chi connectivity index (χ0) is 13.7. The molecule has 2 aromatic carbocycles. The highest BCUT2D eigenvalue weighted by Gasteiger charge is 2.13. The molecule has 100 valence electrons. The lowest BCUT2D eigenvalue weighted by Crippen LogP contribution is -2.23. The van der Waals surface area contributed by atoms with E-state index in [-0.39, 0.29) is 17.7 Å². The van der Waals surface area contributed by atoms with Crippen molar-refractivity contribution in [1.29, 1.82) is 0 Å². The fraction of sp³-hybridized carbons (Fsp3) is 0.250. The van der Waals surface area contributed by atoms with E-state index in [2.05, 4.69) is 12.2 Å². The Morgan fingerprint density at radius 1 is 0.947 bits per heavy atom. The van der Waals surface area contributed by atoms with Crippen molar-refractivity contribution in [3.63, 3.8) is 0 Å². The summed E-state index contributed by atoms with van der Waals surface area (Å²) in [6.07, 6.45) is 0.979. The molecule has 1 atom stereocenters. The fourth-order valence-electron chi connectivity index (χ4n) is 2.06. The first-order valence-corrected chi connectivity index (χ1v) is 6.45. The second-order valence-electron chi connectivity index (χ2n) is 4.49. The van der Waals surface area contributed by atoms with Gasteiger partial charge in [-0.25, -0.2) is 8.78 Å². The van der Waals surface area contributed by atoms with E-state index in [0.717, 1.165) is 24.1 Å². The molecule has 19 heavy (non-hydrogen) atoms. The van der Waals surface area contributed by atoms with Crippen LogP contribution >= 0.6 is 0 Å². The maximum atomic E-state index is 13.3. The van der Waals surface area contributed by atoms with Gasteiger partial charge in [0, 0.05) is 0 Å². The van der Waals surface area contributed by atoms with Crippen LogP contribution in [0.1, 0.15) is 30.5 Å². The van der Waals surface area contributed by atoms with Crippen LogP contribution in [-0.4, -0.2) is 6.54 Å². The van der Waals surface area contributed by atoms with E-state index in [1.807, 2.05) is 6.07 Å².